The van der Waals surface area contributed by atoms with E-state index in [9.17, 15) is 0 Å². The summed E-state index contributed by atoms with van der Waals surface area (Å²) >= 11 is 0. The second-order valence-electron chi connectivity index (χ2n) is 3.10. The van der Waals surface area contributed by atoms with E-state index in [-0.39, 0.29) is 0 Å². The zero-order valence-corrected chi connectivity index (χ0v) is 8.62. The Morgan fingerprint density at radius 2 is 2.07 bits per heavy atom. The number of likely N-dealkylation sites (N-methyl/N-ethyl adjacent to an activating group) is 1. The molecule has 1 N–H and O–H groups in total. The van der Waals surface area contributed by atoms with E-state index in [1.807, 2.05) is 25.3 Å². The van der Waals surface area contributed by atoms with Crippen LogP contribution in [-0.4, -0.2) is 20.2 Å². The van der Waals surface area contributed by atoms with Crippen LogP contribution < -0.4 is 5.32 Å². The number of nitrogens with one attached hydrogen (secondary N) is 1. The lowest BCUT2D eigenvalue weighted by atomic mass is 10.1. The van der Waals surface area contributed by atoms with Crippen molar-refractivity contribution in [1.82, 2.24) is 5.32 Å². The third kappa shape index (κ3) is 3.73. The van der Waals surface area contributed by atoms with Crippen molar-refractivity contribution in [1.29, 1.82) is 0 Å². The van der Waals surface area contributed by atoms with Gasteiger partial charge in [-0.15, -0.1) is 0 Å². The summed E-state index contributed by atoms with van der Waals surface area (Å²) in [6.07, 6.45) is 1.84. The molecule has 76 valence electrons. The first-order valence-corrected chi connectivity index (χ1v) is 4.80. The molecule has 0 aliphatic heterocycles. The van der Waals surface area contributed by atoms with E-state index in [4.69, 9.17) is 4.74 Å². The lowest BCUT2D eigenvalue weighted by Gasteiger charge is -2.04. The number of rotatable bonds is 6. The fraction of sp³-hybridized carbons (Fsp3) is 0.333. The maximum Gasteiger partial charge on any atom is 0.0717 e. The topological polar surface area (TPSA) is 21.3 Å². The largest absolute Gasteiger partial charge is 0.375 e. The van der Waals surface area contributed by atoms with E-state index in [2.05, 4.69) is 24.0 Å². The van der Waals surface area contributed by atoms with E-state index in [1.165, 1.54) is 5.56 Å². The van der Waals surface area contributed by atoms with Crippen molar-refractivity contribution in [2.45, 2.75) is 6.61 Å². The Morgan fingerprint density at radius 1 is 1.36 bits per heavy atom. The van der Waals surface area contributed by atoms with E-state index >= 15 is 0 Å². The highest BCUT2D eigenvalue weighted by Crippen LogP contribution is 2.06. The second kappa shape index (κ2) is 6.35. The quantitative estimate of drug-likeness (QED) is 0.695. The van der Waals surface area contributed by atoms with Crippen molar-refractivity contribution in [3.05, 3.63) is 42.0 Å². The minimum absolute atomic E-state index is 0.680. The Balaban J connectivity index is 2.32. The van der Waals surface area contributed by atoms with Gasteiger partial charge in [0.2, 0.25) is 0 Å². The van der Waals surface area contributed by atoms with Crippen LogP contribution in [0.4, 0.5) is 0 Å². The number of benzene rings is 1. The Kier molecular flexibility index (Phi) is 4.97. The summed E-state index contributed by atoms with van der Waals surface area (Å²) in [7, 11) is 1.92. The molecule has 0 spiro atoms. The SMILES string of the molecule is C=Cc1ccc(COCCNC)cc1. The average molecular weight is 191 g/mol. The van der Waals surface area contributed by atoms with Crippen LogP contribution in [0.3, 0.4) is 0 Å². The molecule has 0 unspecified atom stereocenters. The van der Waals surface area contributed by atoms with Crippen LogP contribution in [0.5, 0.6) is 0 Å². The van der Waals surface area contributed by atoms with Gasteiger partial charge in [0.05, 0.1) is 13.2 Å². The molecule has 14 heavy (non-hydrogen) atoms. The minimum atomic E-state index is 0.680. The molecule has 0 atom stereocenters. The summed E-state index contributed by atoms with van der Waals surface area (Å²) in [5.74, 6) is 0. The molecule has 1 aromatic rings. The molecule has 0 saturated heterocycles. The second-order valence-corrected chi connectivity index (χ2v) is 3.10. The van der Waals surface area contributed by atoms with Gasteiger partial charge in [-0.1, -0.05) is 36.9 Å². The van der Waals surface area contributed by atoms with Crippen molar-refractivity contribution >= 4 is 6.08 Å². The zero-order chi connectivity index (χ0) is 10.2. The van der Waals surface area contributed by atoms with Gasteiger partial charge < -0.3 is 10.1 Å². The monoisotopic (exact) mass is 191 g/mol. The summed E-state index contributed by atoms with van der Waals surface area (Å²) in [4.78, 5) is 0. The minimum Gasteiger partial charge on any atom is -0.375 e. The highest BCUT2D eigenvalue weighted by atomic mass is 16.5. The van der Waals surface area contributed by atoms with E-state index in [1.54, 1.807) is 0 Å². The Hall–Kier alpha value is -1.12. The molecular formula is C12H17NO. The Morgan fingerprint density at radius 3 is 2.64 bits per heavy atom. The molecule has 2 nitrogen and oxygen atoms in total. The van der Waals surface area contributed by atoms with Crippen LogP contribution in [0.2, 0.25) is 0 Å². The normalized spacial score (nSPS) is 10.1. The Bertz CT molecular complexity index is 266. The van der Waals surface area contributed by atoms with Crippen LogP contribution in [0.15, 0.2) is 30.8 Å². The molecule has 0 fully saturated rings. The maximum absolute atomic E-state index is 5.45. The van der Waals surface area contributed by atoms with Crippen molar-refractivity contribution in [2.24, 2.45) is 0 Å². The summed E-state index contributed by atoms with van der Waals surface area (Å²) in [6, 6.07) is 8.22. The fourth-order valence-corrected chi connectivity index (χ4v) is 1.11. The van der Waals surface area contributed by atoms with Crippen molar-refractivity contribution in [3.63, 3.8) is 0 Å². The molecule has 1 aromatic carbocycles. The lowest BCUT2D eigenvalue weighted by molar-refractivity contribution is 0.124. The standard InChI is InChI=1S/C12H17NO/c1-3-11-4-6-12(7-5-11)10-14-9-8-13-2/h3-7,13H,1,8-10H2,2H3. The van der Waals surface area contributed by atoms with Crippen molar-refractivity contribution in [3.8, 4) is 0 Å². The van der Waals surface area contributed by atoms with Gasteiger partial charge >= 0.3 is 0 Å². The maximum atomic E-state index is 5.45. The van der Waals surface area contributed by atoms with Gasteiger partial charge in [0.25, 0.3) is 0 Å². The van der Waals surface area contributed by atoms with Gasteiger partial charge in [0.1, 0.15) is 0 Å². The third-order valence-electron chi connectivity index (χ3n) is 1.98. The number of hydrogen-bond donors (Lipinski definition) is 1. The van der Waals surface area contributed by atoms with Gasteiger partial charge in [-0.25, -0.2) is 0 Å². The highest BCUT2D eigenvalue weighted by Gasteiger charge is 1.92. The van der Waals surface area contributed by atoms with Crippen LogP contribution in [0.25, 0.3) is 6.08 Å². The molecule has 0 heterocycles. The van der Waals surface area contributed by atoms with E-state index in [0.717, 1.165) is 18.7 Å². The molecule has 0 aliphatic rings. The molecule has 1 rings (SSSR count). The van der Waals surface area contributed by atoms with Gasteiger partial charge in [0.15, 0.2) is 0 Å². The smallest absolute Gasteiger partial charge is 0.0717 e. The Labute approximate surface area is 85.6 Å². The summed E-state index contributed by atoms with van der Waals surface area (Å²) < 4.78 is 5.45. The van der Waals surface area contributed by atoms with E-state index < -0.39 is 0 Å². The van der Waals surface area contributed by atoms with Gasteiger partial charge in [-0.05, 0) is 18.2 Å². The first kappa shape index (κ1) is 11.0. The first-order chi connectivity index (χ1) is 6.86. The van der Waals surface area contributed by atoms with Gasteiger partial charge in [0, 0.05) is 6.54 Å². The summed E-state index contributed by atoms with van der Waals surface area (Å²) in [5.41, 5.74) is 2.34. The van der Waals surface area contributed by atoms with Crippen LogP contribution in [0.1, 0.15) is 11.1 Å². The van der Waals surface area contributed by atoms with Crippen molar-refractivity contribution in [2.75, 3.05) is 20.2 Å². The lowest BCUT2D eigenvalue weighted by Crippen LogP contribution is -2.13. The third-order valence-corrected chi connectivity index (χ3v) is 1.98. The summed E-state index contributed by atoms with van der Waals surface area (Å²) in [6.45, 7) is 6.03. The van der Waals surface area contributed by atoms with E-state index in [0.29, 0.717) is 6.61 Å². The molecule has 0 aromatic heterocycles. The molecule has 0 radical (unpaired) electrons. The molecule has 2 heteroatoms. The van der Waals surface area contributed by atoms with Crippen LogP contribution in [-0.2, 0) is 11.3 Å². The number of ether oxygens (including phenoxy) is 1. The summed E-state index contributed by atoms with van der Waals surface area (Å²) in [5, 5.41) is 3.03. The predicted molar refractivity (Wildman–Crippen MR) is 60.1 cm³/mol. The van der Waals surface area contributed by atoms with Crippen LogP contribution >= 0.6 is 0 Å². The molecule has 0 amide bonds. The van der Waals surface area contributed by atoms with Gasteiger partial charge in [-0.3, -0.25) is 0 Å². The average Bonchev–Trinajstić information content (AvgIpc) is 2.25. The zero-order valence-electron chi connectivity index (χ0n) is 8.62. The molecule has 0 saturated carbocycles. The first-order valence-electron chi connectivity index (χ1n) is 4.80. The fourth-order valence-electron chi connectivity index (χ4n) is 1.11. The molecule has 0 bridgehead atoms. The molecule has 0 aliphatic carbocycles. The van der Waals surface area contributed by atoms with Crippen molar-refractivity contribution < 1.29 is 4.74 Å². The highest BCUT2D eigenvalue weighted by molar-refractivity contribution is 5.47. The van der Waals surface area contributed by atoms with Crippen LogP contribution in [0, 0.1) is 0 Å². The van der Waals surface area contributed by atoms with Gasteiger partial charge in [-0.2, -0.15) is 0 Å². The molecular weight excluding hydrogens is 174 g/mol. The predicted octanol–water partition coefficient (Wildman–Crippen LogP) is 2.07. The number of hydrogen-bond acceptors (Lipinski definition) is 2.